The van der Waals surface area contributed by atoms with E-state index >= 15 is 0 Å². The summed E-state index contributed by atoms with van der Waals surface area (Å²) in [7, 11) is 0. The zero-order chi connectivity index (χ0) is 29.9. The maximum Gasteiger partial charge on any atom is 0.193 e. The van der Waals surface area contributed by atoms with Gasteiger partial charge in [0, 0.05) is 27.6 Å². The summed E-state index contributed by atoms with van der Waals surface area (Å²) in [5, 5.41) is 5.12. The van der Waals surface area contributed by atoms with Gasteiger partial charge in [-0.05, 0) is 81.3 Å². The molecule has 9 rings (SSSR count). The molecule has 7 aromatic carbocycles. The molecule has 0 N–H and O–H groups in total. The Morgan fingerprint density at radius 1 is 0.444 bits per heavy atom. The van der Waals surface area contributed by atoms with Gasteiger partial charge in [-0.3, -0.25) is 4.79 Å². The van der Waals surface area contributed by atoms with Gasteiger partial charge < -0.3 is 4.57 Å². The molecule has 0 bridgehead atoms. The molecule has 1 heterocycles. The van der Waals surface area contributed by atoms with E-state index in [-0.39, 0.29) is 5.78 Å². The number of aromatic nitrogens is 1. The predicted molar refractivity (Wildman–Crippen MR) is 186 cm³/mol. The molecule has 2 nitrogen and oxygen atoms in total. The highest BCUT2D eigenvalue weighted by Gasteiger charge is 2.18. The van der Waals surface area contributed by atoms with Gasteiger partial charge in [0.15, 0.2) is 5.78 Å². The lowest BCUT2D eigenvalue weighted by Crippen LogP contribution is -2.08. The van der Waals surface area contributed by atoms with Crippen LogP contribution in [0.2, 0.25) is 0 Å². The van der Waals surface area contributed by atoms with Crippen LogP contribution in [0, 0.1) is 0 Å². The molecule has 0 unspecified atom stereocenters. The van der Waals surface area contributed by atoms with Crippen LogP contribution in [0.15, 0.2) is 152 Å². The Morgan fingerprint density at radius 2 is 1.02 bits per heavy atom. The van der Waals surface area contributed by atoms with E-state index < -0.39 is 0 Å². The van der Waals surface area contributed by atoms with Crippen molar-refractivity contribution >= 4 is 38.4 Å². The van der Waals surface area contributed by atoms with Gasteiger partial charge in [-0.1, -0.05) is 127 Å². The summed E-state index contributed by atoms with van der Waals surface area (Å²) in [6, 6.07) is 53.4. The summed E-state index contributed by atoms with van der Waals surface area (Å²) in [6.45, 7) is 0. The molecule has 0 spiro atoms. The lowest BCUT2D eigenvalue weighted by Gasteiger charge is -2.22. The van der Waals surface area contributed by atoms with E-state index in [1.165, 1.54) is 66.1 Å². The molecule has 0 fully saturated rings. The summed E-state index contributed by atoms with van der Waals surface area (Å²) in [6.07, 6.45) is 1.86. The minimum Gasteiger partial charge on any atom is -0.309 e. The van der Waals surface area contributed by atoms with Crippen LogP contribution in [0.4, 0.5) is 0 Å². The minimum absolute atomic E-state index is 0.0543. The number of benzene rings is 7. The molecule has 1 aliphatic rings. The maximum absolute atomic E-state index is 12.9. The average Bonchev–Trinajstić information content (AvgIpc) is 3.44. The highest BCUT2D eigenvalue weighted by molar-refractivity contribution is 6.10. The fourth-order valence-corrected chi connectivity index (χ4v) is 7.17. The first-order chi connectivity index (χ1) is 22.2. The Bertz CT molecular complexity index is 2380. The number of nitrogens with zero attached hydrogens (tertiary/aromatic N) is 1. The van der Waals surface area contributed by atoms with Crippen molar-refractivity contribution in [3.05, 3.63) is 185 Å². The van der Waals surface area contributed by atoms with Gasteiger partial charge in [-0.2, -0.15) is 0 Å². The van der Waals surface area contributed by atoms with Gasteiger partial charge in [0.2, 0.25) is 0 Å². The summed E-state index contributed by atoms with van der Waals surface area (Å²) in [5.74, 6) is 0.0543. The van der Waals surface area contributed by atoms with Crippen molar-refractivity contribution in [2.24, 2.45) is 0 Å². The number of carbonyl (C=O) groups is 1. The fourth-order valence-electron chi connectivity index (χ4n) is 7.17. The van der Waals surface area contributed by atoms with Crippen molar-refractivity contribution in [2.75, 3.05) is 0 Å². The molecule has 45 heavy (non-hydrogen) atoms. The van der Waals surface area contributed by atoms with Crippen LogP contribution >= 0.6 is 0 Å². The van der Waals surface area contributed by atoms with Gasteiger partial charge >= 0.3 is 0 Å². The van der Waals surface area contributed by atoms with Crippen molar-refractivity contribution < 1.29 is 4.79 Å². The van der Waals surface area contributed by atoms with E-state index in [2.05, 4.69) is 114 Å². The molecule has 1 aromatic heterocycles. The van der Waals surface area contributed by atoms with Crippen LogP contribution in [0.3, 0.4) is 0 Å². The van der Waals surface area contributed by atoms with Crippen molar-refractivity contribution in [2.45, 2.75) is 12.8 Å². The average molecular weight is 576 g/mol. The lowest BCUT2D eigenvalue weighted by molar-refractivity contribution is 0.103. The Kier molecular flexibility index (Phi) is 5.82. The van der Waals surface area contributed by atoms with Gasteiger partial charge in [-0.25, -0.2) is 0 Å². The Hall–Kier alpha value is -5.73. The second-order valence-electron chi connectivity index (χ2n) is 12.1. The highest BCUT2D eigenvalue weighted by atomic mass is 16.1. The number of hydrogen-bond donors (Lipinski definition) is 0. The van der Waals surface area contributed by atoms with Gasteiger partial charge in [0.1, 0.15) is 0 Å². The standard InChI is InChI=1S/C43H29NO/c45-43(29-8-2-1-3-9-29)30-16-14-28(15-17-30)31-18-19-32-23-36-26-37-27-38(21-20-33(37)24-35(36)25-34(32)22-31)44-41-12-6-4-10-39(41)40-11-5-7-13-42(40)44/h1-22,24,26-27H,23,25H2. The zero-order valence-corrected chi connectivity index (χ0v) is 24.7. The van der Waals surface area contributed by atoms with Crippen LogP contribution in [0.25, 0.3) is 49.4 Å². The molecule has 212 valence electrons. The van der Waals surface area contributed by atoms with Gasteiger partial charge in [0.05, 0.1) is 11.0 Å². The third-order valence-electron chi connectivity index (χ3n) is 9.47. The number of ketones is 1. The van der Waals surface area contributed by atoms with Crippen LogP contribution in [0.5, 0.6) is 0 Å². The molecule has 1 aliphatic carbocycles. The van der Waals surface area contributed by atoms with E-state index in [0.29, 0.717) is 11.1 Å². The quantitative estimate of drug-likeness (QED) is 0.191. The SMILES string of the molecule is O=C(c1ccccc1)c1ccc(-c2ccc3c(c2)Cc2cc4ccc(-n5c6ccccc6c6ccccc65)cc4cc2C3)cc1. The van der Waals surface area contributed by atoms with E-state index in [4.69, 9.17) is 0 Å². The third kappa shape index (κ3) is 4.29. The Morgan fingerprint density at radius 3 is 1.76 bits per heavy atom. The molecule has 0 atom stereocenters. The first-order valence-corrected chi connectivity index (χ1v) is 15.6. The summed E-state index contributed by atoms with van der Waals surface area (Å²) < 4.78 is 2.39. The third-order valence-corrected chi connectivity index (χ3v) is 9.47. The molecule has 0 radical (unpaired) electrons. The second-order valence-corrected chi connectivity index (χ2v) is 12.1. The largest absolute Gasteiger partial charge is 0.309 e. The topological polar surface area (TPSA) is 22.0 Å². The summed E-state index contributed by atoms with van der Waals surface area (Å²) in [4.78, 5) is 12.9. The number of fused-ring (bicyclic) bond motifs is 6. The van der Waals surface area contributed by atoms with Crippen molar-refractivity contribution in [3.63, 3.8) is 0 Å². The smallest absolute Gasteiger partial charge is 0.193 e. The maximum atomic E-state index is 12.9. The second kappa shape index (κ2) is 10.2. The number of carbonyl (C=O) groups excluding carboxylic acids is 1. The fraction of sp³-hybridized carbons (Fsp3) is 0.0465. The first-order valence-electron chi connectivity index (χ1n) is 15.6. The summed E-state index contributed by atoms with van der Waals surface area (Å²) >= 11 is 0. The Balaban J connectivity index is 1.04. The molecule has 2 heteroatoms. The molecule has 0 saturated carbocycles. The van der Waals surface area contributed by atoms with Crippen LogP contribution in [-0.4, -0.2) is 10.4 Å². The van der Waals surface area contributed by atoms with Gasteiger partial charge in [-0.15, -0.1) is 0 Å². The van der Waals surface area contributed by atoms with Crippen molar-refractivity contribution in [1.82, 2.24) is 4.57 Å². The van der Waals surface area contributed by atoms with Crippen molar-refractivity contribution in [3.8, 4) is 16.8 Å². The lowest BCUT2D eigenvalue weighted by atomic mass is 9.83. The number of para-hydroxylation sites is 2. The highest BCUT2D eigenvalue weighted by Crippen LogP contribution is 2.36. The molecule has 8 aromatic rings. The molecule has 0 aliphatic heterocycles. The molecule has 0 amide bonds. The normalized spacial score (nSPS) is 12.4. The zero-order valence-electron chi connectivity index (χ0n) is 24.7. The predicted octanol–water partition coefficient (Wildman–Crippen LogP) is 10.3. The van der Waals surface area contributed by atoms with Crippen LogP contribution in [0.1, 0.15) is 38.2 Å². The molecular weight excluding hydrogens is 546 g/mol. The summed E-state index contributed by atoms with van der Waals surface area (Å²) in [5.41, 5.74) is 13.0. The van der Waals surface area contributed by atoms with Gasteiger partial charge in [0.25, 0.3) is 0 Å². The van der Waals surface area contributed by atoms with Crippen molar-refractivity contribution in [1.29, 1.82) is 0 Å². The van der Waals surface area contributed by atoms with E-state index in [9.17, 15) is 4.79 Å². The van der Waals surface area contributed by atoms with E-state index in [0.717, 1.165) is 18.4 Å². The monoisotopic (exact) mass is 575 g/mol. The first kappa shape index (κ1) is 25.7. The number of hydrogen-bond acceptors (Lipinski definition) is 1. The van der Waals surface area contributed by atoms with E-state index in [1.54, 1.807) is 0 Å². The molecular formula is C43H29NO. The van der Waals surface area contributed by atoms with Crippen LogP contribution in [-0.2, 0) is 12.8 Å². The Labute approximate surface area is 261 Å². The molecule has 0 saturated heterocycles. The minimum atomic E-state index is 0.0543. The van der Waals surface area contributed by atoms with Crippen LogP contribution < -0.4 is 0 Å². The van der Waals surface area contributed by atoms with E-state index in [1.807, 2.05) is 42.5 Å². The number of rotatable bonds is 4.